The van der Waals surface area contributed by atoms with Crippen LogP contribution in [-0.2, 0) is 11.3 Å². The molecule has 1 amide bonds. The lowest BCUT2D eigenvalue weighted by atomic mass is 10.3. The van der Waals surface area contributed by atoms with Crippen molar-refractivity contribution in [1.29, 1.82) is 5.41 Å². The maximum atomic E-state index is 11.1. The number of thiazole rings is 1. The Kier molecular flexibility index (Phi) is 3.58. The third kappa shape index (κ3) is 2.21. The first-order chi connectivity index (χ1) is 8.54. The summed E-state index contributed by atoms with van der Waals surface area (Å²) in [4.78, 5) is 15.8. The monoisotopic (exact) mass is 282 g/mol. The van der Waals surface area contributed by atoms with Gasteiger partial charge in [0.25, 0.3) is 5.91 Å². The van der Waals surface area contributed by atoms with Gasteiger partial charge in [-0.1, -0.05) is 24.7 Å². The van der Waals surface area contributed by atoms with E-state index in [1.807, 2.05) is 4.57 Å². The van der Waals surface area contributed by atoms with Crippen LogP contribution in [0.2, 0.25) is 0 Å². The van der Waals surface area contributed by atoms with Crippen molar-refractivity contribution in [3.8, 4) is 0 Å². The second-order valence-corrected chi connectivity index (χ2v) is 5.43. The number of carbonyl (C=O) groups is 1. The molecule has 0 aliphatic carbocycles. The van der Waals surface area contributed by atoms with E-state index in [2.05, 4.69) is 17.2 Å². The van der Waals surface area contributed by atoms with Gasteiger partial charge in [-0.2, -0.15) is 0 Å². The average molecular weight is 282 g/mol. The fraction of sp³-hybridized carbons (Fsp3) is 0.400. The fourth-order valence-electron chi connectivity index (χ4n) is 1.57. The highest BCUT2D eigenvalue weighted by molar-refractivity contribution is 7.73. The Bertz CT molecular complexity index is 598. The van der Waals surface area contributed by atoms with E-state index in [1.54, 1.807) is 0 Å². The highest BCUT2D eigenvalue weighted by Gasteiger charge is 2.26. The number of unbranched alkanes of at least 4 members (excludes halogenated alkanes) is 1. The number of nitrogens with one attached hydrogen (secondary N) is 1. The standard InChI is InChI=1S/C10H12N5OS2/c1-2-3-4-15-9-5(18-10(15)17)6(11)13-8(14-9)7(12)16/h11H,2-4H2,1H3,(H2,12,16). The van der Waals surface area contributed by atoms with Crippen molar-refractivity contribution >= 4 is 47.0 Å². The molecule has 0 fully saturated rings. The molecule has 0 saturated carbocycles. The third-order valence-electron chi connectivity index (χ3n) is 2.47. The van der Waals surface area contributed by atoms with Crippen molar-refractivity contribution in [2.45, 2.75) is 26.3 Å². The molecule has 1 radical (unpaired) electrons. The maximum Gasteiger partial charge on any atom is 0.286 e. The van der Waals surface area contributed by atoms with Crippen LogP contribution in [-0.4, -0.2) is 22.1 Å². The van der Waals surface area contributed by atoms with Gasteiger partial charge in [0.1, 0.15) is 4.88 Å². The first-order valence-electron chi connectivity index (χ1n) is 5.47. The molecule has 1 aromatic rings. The van der Waals surface area contributed by atoms with Crippen LogP contribution in [0.3, 0.4) is 0 Å². The second-order valence-electron chi connectivity index (χ2n) is 3.79. The van der Waals surface area contributed by atoms with Crippen molar-refractivity contribution in [1.82, 2.24) is 9.88 Å². The minimum Gasteiger partial charge on any atom is -0.363 e. The number of amidine groups is 2. The Morgan fingerprint density at radius 3 is 2.94 bits per heavy atom. The van der Waals surface area contributed by atoms with Crippen molar-refractivity contribution < 1.29 is 4.79 Å². The number of primary amides is 1. The minimum atomic E-state index is -0.732. The Hall–Kier alpha value is -1.54. The molecule has 0 unspecified atom stereocenters. The molecule has 0 saturated heterocycles. The molecule has 0 atom stereocenters. The van der Waals surface area contributed by atoms with Gasteiger partial charge in [0.05, 0.1) is 0 Å². The Morgan fingerprint density at radius 1 is 1.61 bits per heavy atom. The molecular weight excluding hydrogens is 270 g/mol. The van der Waals surface area contributed by atoms with E-state index in [0.717, 1.165) is 19.4 Å². The van der Waals surface area contributed by atoms with Crippen molar-refractivity contribution in [3.05, 3.63) is 8.83 Å². The van der Waals surface area contributed by atoms with Crippen LogP contribution in [0.25, 0.3) is 0 Å². The summed E-state index contributed by atoms with van der Waals surface area (Å²) >= 11 is 6.54. The highest BCUT2D eigenvalue weighted by Crippen LogP contribution is 2.30. The SMILES string of the molecule is CCCCn1c2c(sc1=S)C(=N)[N]C(C(N)=O)=N2. The van der Waals surface area contributed by atoms with Gasteiger partial charge >= 0.3 is 0 Å². The molecule has 6 nitrogen and oxygen atoms in total. The van der Waals surface area contributed by atoms with Crippen LogP contribution >= 0.6 is 23.6 Å². The minimum absolute atomic E-state index is 0.000137. The van der Waals surface area contributed by atoms with Crippen molar-refractivity contribution in [3.63, 3.8) is 0 Å². The average Bonchev–Trinajstić information content (AvgIpc) is 2.63. The molecule has 1 aromatic heterocycles. The number of aliphatic imine (C=N–C) groups is 1. The van der Waals surface area contributed by atoms with E-state index in [0.29, 0.717) is 14.6 Å². The van der Waals surface area contributed by atoms with Gasteiger partial charge in [0.15, 0.2) is 15.6 Å². The van der Waals surface area contributed by atoms with E-state index in [9.17, 15) is 4.79 Å². The van der Waals surface area contributed by atoms with Crippen LogP contribution in [0.4, 0.5) is 5.82 Å². The quantitative estimate of drug-likeness (QED) is 0.819. The molecule has 1 aliphatic rings. The summed E-state index contributed by atoms with van der Waals surface area (Å²) in [5, 5.41) is 11.5. The summed E-state index contributed by atoms with van der Waals surface area (Å²) in [5.41, 5.74) is 5.15. The number of hydrogen-bond donors (Lipinski definition) is 2. The molecule has 2 heterocycles. The zero-order chi connectivity index (χ0) is 13.3. The molecule has 95 valence electrons. The zero-order valence-electron chi connectivity index (χ0n) is 9.77. The van der Waals surface area contributed by atoms with Gasteiger partial charge in [-0.05, 0) is 18.6 Å². The van der Waals surface area contributed by atoms with Crippen molar-refractivity contribution in [2.75, 3.05) is 0 Å². The summed E-state index contributed by atoms with van der Waals surface area (Å²) in [6.45, 7) is 2.81. The molecule has 0 bridgehead atoms. The van der Waals surface area contributed by atoms with E-state index in [-0.39, 0.29) is 11.7 Å². The summed E-state index contributed by atoms with van der Waals surface area (Å²) in [7, 11) is 0. The van der Waals surface area contributed by atoms with Gasteiger partial charge in [0, 0.05) is 6.54 Å². The number of hydrogen-bond acceptors (Lipinski definition) is 5. The molecule has 2 rings (SSSR count). The predicted molar refractivity (Wildman–Crippen MR) is 73.3 cm³/mol. The Morgan fingerprint density at radius 2 is 2.33 bits per heavy atom. The number of aromatic nitrogens is 1. The maximum absolute atomic E-state index is 11.1. The van der Waals surface area contributed by atoms with Crippen LogP contribution in [0.15, 0.2) is 4.99 Å². The van der Waals surface area contributed by atoms with Gasteiger partial charge in [-0.15, -0.1) is 0 Å². The van der Waals surface area contributed by atoms with E-state index in [1.165, 1.54) is 11.3 Å². The third-order valence-corrected chi connectivity index (χ3v) is 3.91. The zero-order valence-corrected chi connectivity index (χ0v) is 11.4. The topological polar surface area (TPSA) is 98.3 Å². The molecule has 0 aromatic carbocycles. The Labute approximate surface area is 113 Å². The number of nitrogens with two attached hydrogens (primary N) is 1. The largest absolute Gasteiger partial charge is 0.363 e. The number of rotatable bonds is 4. The van der Waals surface area contributed by atoms with Gasteiger partial charge in [0.2, 0.25) is 5.84 Å². The fourth-order valence-corrected chi connectivity index (χ4v) is 2.85. The predicted octanol–water partition coefficient (Wildman–Crippen LogP) is 1.54. The normalized spacial score (nSPS) is 13.8. The Balaban J connectivity index is 2.52. The summed E-state index contributed by atoms with van der Waals surface area (Å²) < 4.78 is 2.48. The molecule has 3 N–H and O–H groups in total. The molecule has 1 aliphatic heterocycles. The number of nitrogens with zero attached hydrogens (tertiary/aromatic N) is 3. The van der Waals surface area contributed by atoms with Crippen molar-refractivity contribution in [2.24, 2.45) is 10.7 Å². The van der Waals surface area contributed by atoms with Crippen LogP contribution < -0.4 is 11.1 Å². The summed E-state index contributed by atoms with van der Waals surface area (Å²) in [6.07, 6.45) is 1.99. The lowest BCUT2D eigenvalue weighted by molar-refractivity contribution is -0.112. The van der Waals surface area contributed by atoms with E-state index in [4.69, 9.17) is 23.4 Å². The summed E-state index contributed by atoms with van der Waals surface area (Å²) in [5.74, 6) is -0.331. The highest BCUT2D eigenvalue weighted by atomic mass is 32.1. The number of carbonyl (C=O) groups excluding carboxylic acids is 1. The van der Waals surface area contributed by atoms with E-state index < -0.39 is 5.91 Å². The summed E-state index contributed by atoms with van der Waals surface area (Å²) in [6, 6.07) is 0. The lowest BCUT2D eigenvalue weighted by Gasteiger charge is -2.12. The second kappa shape index (κ2) is 4.99. The van der Waals surface area contributed by atoms with Gasteiger partial charge < -0.3 is 10.3 Å². The first-order valence-corrected chi connectivity index (χ1v) is 6.69. The van der Waals surface area contributed by atoms with E-state index >= 15 is 0 Å². The van der Waals surface area contributed by atoms with Crippen LogP contribution in [0, 0.1) is 9.36 Å². The first kappa shape index (κ1) is 12.9. The molecule has 18 heavy (non-hydrogen) atoms. The van der Waals surface area contributed by atoms with Crippen LogP contribution in [0.1, 0.15) is 24.6 Å². The lowest BCUT2D eigenvalue weighted by Crippen LogP contribution is -2.36. The van der Waals surface area contributed by atoms with Crippen LogP contribution in [0.5, 0.6) is 0 Å². The molecule has 8 heteroatoms. The van der Waals surface area contributed by atoms with Gasteiger partial charge in [-0.3, -0.25) is 10.2 Å². The molecule has 0 spiro atoms. The number of fused-ring (bicyclic) bond motifs is 1. The molecular formula is C10H12N5OS2. The number of amides is 1. The smallest absolute Gasteiger partial charge is 0.286 e. The van der Waals surface area contributed by atoms with Gasteiger partial charge in [-0.25, -0.2) is 10.3 Å².